The van der Waals surface area contributed by atoms with Crippen molar-refractivity contribution in [3.05, 3.63) is 65.0 Å². The Labute approximate surface area is 113 Å². The highest BCUT2D eigenvalue weighted by molar-refractivity contribution is 5.38. The molecule has 0 saturated heterocycles. The lowest BCUT2D eigenvalue weighted by molar-refractivity contribution is 0.383. The third-order valence-electron chi connectivity index (χ3n) is 3.30. The summed E-state index contributed by atoms with van der Waals surface area (Å²) < 4.78 is 19.1. The van der Waals surface area contributed by atoms with E-state index in [1.165, 1.54) is 12.7 Å². The highest BCUT2D eigenvalue weighted by atomic mass is 19.1. The summed E-state index contributed by atoms with van der Waals surface area (Å²) in [6, 6.07) is 12.5. The van der Waals surface area contributed by atoms with Gasteiger partial charge >= 0.3 is 0 Å². The molecule has 2 nitrogen and oxygen atoms in total. The Hall–Kier alpha value is -1.87. The van der Waals surface area contributed by atoms with E-state index < -0.39 is 11.9 Å². The summed E-state index contributed by atoms with van der Waals surface area (Å²) in [5.41, 5.74) is 8.72. The van der Waals surface area contributed by atoms with Crippen molar-refractivity contribution in [3.8, 4) is 5.75 Å². The summed E-state index contributed by atoms with van der Waals surface area (Å²) >= 11 is 0. The number of ether oxygens (including phenoxy) is 1. The molecule has 0 aliphatic heterocycles. The van der Waals surface area contributed by atoms with Crippen LogP contribution < -0.4 is 10.5 Å². The van der Waals surface area contributed by atoms with Gasteiger partial charge in [0.1, 0.15) is 0 Å². The summed E-state index contributed by atoms with van der Waals surface area (Å²) in [7, 11) is 1.45. The van der Waals surface area contributed by atoms with E-state index in [2.05, 4.69) is 6.92 Å². The van der Waals surface area contributed by atoms with Crippen LogP contribution in [0.3, 0.4) is 0 Å². The van der Waals surface area contributed by atoms with E-state index in [-0.39, 0.29) is 5.75 Å². The van der Waals surface area contributed by atoms with E-state index in [0.717, 1.165) is 12.0 Å². The molecule has 0 amide bonds. The monoisotopic (exact) mass is 259 g/mol. The van der Waals surface area contributed by atoms with Crippen LogP contribution in [-0.2, 0) is 6.42 Å². The maximum Gasteiger partial charge on any atom is 0.170 e. The third kappa shape index (κ3) is 2.76. The van der Waals surface area contributed by atoms with E-state index >= 15 is 0 Å². The van der Waals surface area contributed by atoms with Crippen LogP contribution in [0.5, 0.6) is 5.75 Å². The van der Waals surface area contributed by atoms with Gasteiger partial charge in [0.25, 0.3) is 0 Å². The van der Waals surface area contributed by atoms with Gasteiger partial charge in [0.05, 0.1) is 13.2 Å². The van der Waals surface area contributed by atoms with Gasteiger partial charge in [-0.05, 0) is 23.6 Å². The SMILES string of the molecule is CCc1ccc(C(N)c2cccc(OC)c2F)cc1. The highest BCUT2D eigenvalue weighted by Gasteiger charge is 2.16. The van der Waals surface area contributed by atoms with Gasteiger partial charge in [0.15, 0.2) is 11.6 Å². The Morgan fingerprint density at radius 2 is 1.84 bits per heavy atom. The van der Waals surface area contributed by atoms with Gasteiger partial charge in [-0.15, -0.1) is 0 Å². The molecular weight excluding hydrogens is 241 g/mol. The molecule has 1 unspecified atom stereocenters. The van der Waals surface area contributed by atoms with Crippen molar-refractivity contribution in [1.29, 1.82) is 0 Å². The fraction of sp³-hybridized carbons (Fsp3) is 0.250. The second-order valence-corrected chi connectivity index (χ2v) is 4.44. The molecule has 2 aromatic carbocycles. The zero-order chi connectivity index (χ0) is 13.8. The van der Waals surface area contributed by atoms with E-state index in [4.69, 9.17) is 10.5 Å². The van der Waals surface area contributed by atoms with Crippen molar-refractivity contribution in [2.75, 3.05) is 7.11 Å². The summed E-state index contributed by atoms with van der Waals surface area (Å²) in [5.74, 6) is -0.171. The van der Waals surface area contributed by atoms with Crippen LogP contribution in [-0.4, -0.2) is 7.11 Å². The number of aryl methyl sites for hydroxylation is 1. The van der Waals surface area contributed by atoms with Gasteiger partial charge in [0.2, 0.25) is 0 Å². The molecule has 2 aromatic rings. The minimum atomic E-state index is -0.485. The van der Waals surface area contributed by atoms with Crippen LogP contribution in [0, 0.1) is 5.82 Å². The largest absolute Gasteiger partial charge is 0.494 e. The fourth-order valence-electron chi connectivity index (χ4n) is 2.07. The van der Waals surface area contributed by atoms with Crippen LogP contribution in [0.2, 0.25) is 0 Å². The molecule has 19 heavy (non-hydrogen) atoms. The Balaban J connectivity index is 2.35. The minimum absolute atomic E-state index is 0.220. The molecule has 0 aromatic heterocycles. The van der Waals surface area contributed by atoms with Crippen LogP contribution in [0.15, 0.2) is 42.5 Å². The first-order valence-corrected chi connectivity index (χ1v) is 6.34. The molecule has 1 atom stereocenters. The molecule has 0 fully saturated rings. The van der Waals surface area contributed by atoms with E-state index in [9.17, 15) is 4.39 Å². The predicted octanol–water partition coefficient (Wildman–Crippen LogP) is 3.44. The first kappa shape index (κ1) is 13.6. The second-order valence-electron chi connectivity index (χ2n) is 4.44. The maximum absolute atomic E-state index is 14.1. The first-order chi connectivity index (χ1) is 9.17. The lowest BCUT2D eigenvalue weighted by atomic mass is 9.97. The molecule has 0 radical (unpaired) electrons. The number of nitrogens with two attached hydrogens (primary N) is 1. The average Bonchev–Trinajstić information content (AvgIpc) is 2.47. The number of hydrogen-bond donors (Lipinski definition) is 1. The molecule has 2 rings (SSSR count). The van der Waals surface area contributed by atoms with Crippen molar-refractivity contribution >= 4 is 0 Å². The van der Waals surface area contributed by atoms with Gasteiger partial charge in [0, 0.05) is 5.56 Å². The Morgan fingerprint density at radius 1 is 1.16 bits per heavy atom. The molecule has 0 saturated carbocycles. The molecule has 0 heterocycles. The summed E-state index contributed by atoms with van der Waals surface area (Å²) in [6.07, 6.45) is 0.975. The zero-order valence-electron chi connectivity index (χ0n) is 11.2. The topological polar surface area (TPSA) is 35.2 Å². The fourth-order valence-corrected chi connectivity index (χ4v) is 2.07. The zero-order valence-corrected chi connectivity index (χ0v) is 11.2. The lowest BCUT2D eigenvalue weighted by Gasteiger charge is -2.15. The molecule has 0 spiro atoms. The number of rotatable bonds is 4. The highest BCUT2D eigenvalue weighted by Crippen LogP contribution is 2.27. The molecule has 0 bridgehead atoms. The summed E-state index contributed by atoms with van der Waals surface area (Å²) in [6.45, 7) is 2.09. The quantitative estimate of drug-likeness (QED) is 0.912. The van der Waals surface area contributed by atoms with E-state index in [0.29, 0.717) is 5.56 Å². The molecule has 0 aliphatic carbocycles. The van der Waals surface area contributed by atoms with Crippen molar-refractivity contribution < 1.29 is 9.13 Å². The molecule has 3 heteroatoms. The Kier molecular flexibility index (Phi) is 4.17. The molecular formula is C16H18FNO. The molecule has 100 valence electrons. The van der Waals surface area contributed by atoms with Gasteiger partial charge < -0.3 is 10.5 Å². The summed E-state index contributed by atoms with van der Waals surface area (Å²) in [5, 5.41) is 0. The lowest BCUT2D eigenvalue weighted by Crippen LogP contribution is -2.14. The summed E-state index contributed by atoms with van der Waals surface area (Å²) in [4.78, 5) is 0. The van der Waals surface area contributed by atoms with Crippen molar-refractivity contribution in [3.63, 3.8) is 0 Å². The average molecular weight is 259 g/mol. The number of methoxy groups -OCH3 is 1. The van der Waals surface area contributed by atoms with Gasteiger partial charge in [-0.2, -0.15) is 0 Å². The predicted molar refractivity (Wildman–Crippen MR) is 74.8 cm³/mol. The Bertz CT molecular complexity index is 551. The van der Waals surface area contributed by atoms with E-state index in [1.807, 2.05) is 24.3 Å². The number of benzene rings is 2. The third-order valence-corrected chi connectivity index (χ3v) is 3.30. The first-order valence-electron chi connectivity index (χ1n) is 6.34. The number of hydrogen-bond acceptors (Lipinski definition) is 2. The Morgan fingerprint density at radius 3 is 2.42 bits per heavy atom. The van der Waals surface area contributed by atoms with Crippen LogP contribution in [0.4, 0.5) is 4.39 Å². The van der Waals surface area contributed by atoms with Crippen molar-refractivity contribution in [2.24, 2.45) is 5.73 Å². The maximum atomic E-state index is 14.1. The van der Waals surface area contributed by atoms with Crippen molar-refractivity contribution in [1.82, 2.24) is 0 Å². The van der Waals surface area contributed by atoms with Crippen LogP contribution in [0.25, 0.3) is 0 Å². The minimum Gasteiger partial charge on any atom is -0.494 e. The van der Waals surface area contributed by atoms with Gasteiger partial charge in [-0.3, -0.25) is 0 Å². The molecule has 0 aliphatic rings. The normalized spacial score (nSPS) is 12.2. The van der Waals surface area contributed by atoms with Crippen LogP contribution >= 0.6 is 0 Å². The second kappa shape index (κ2) is 5.85. The van der Waals surface area contributed by atoms with Crippen molar-refractivity contribution in [2.45, 2.75) is 19.4 Å². The van der Waals surface area contributed by atoms with Gasteiger partial charge in [-0.25, -0.2) is 4.39 Å². The smallest absolute Gasteiger partial charge is 0.170 e. The van der Waals surface area contributed by atoms with E-state index in [1.54, 1.807) is 18.2 Å². The standard InChI is InChI=1S/C16H18FNO/c1-3-11-7-9-12(10-8-11)16(18)13-5-4-6-14(19-2)15(13)17/h4-10,16H,3,18H2,1-2H3. The van der Waals surface area contributed by atoms with Crippen LogP contribution in [0.1, 0.15) is 29.7 Å². The number of halogens is 1. The van der Waals surface area contributed by atoms with Gasteiger partial charge in [-0.1, -0.05) is 43.3 Å². The molecule has 2 N–H and O–H groups in total.